The van der Waals surface area contributed by atoms with Crippen molar-refractivity contribution >= 4 is 0 Å². The van der Waals surface area contributed by atoms with Crippen molar-refractivity contribution in [1.29, 1.82) is 0 Å². The van der Waals surface area contributed by atoms with Gasteiger partial charge in [0.25, 0.3) is 0 Å². The van der Waals surface area contributed by atoms with Crippen molar-refractivity contribution in [3.05, 3.63) is 0 Å². The number of ether oxygens (including phenoxy) is 2. The van der Waals surface area contributed by atoms with Crippen molar-refractivity contribution in [3.63, 3.8) is 0 Å². The molecular formula is C16H34O2. The van der Waals surface area contributed by atoms with E-state index in [0.717, 1.165) is 32.5 Å². The minimum atomic E-state index is -0.334. The Balaban J connectivity index is 4.54. The molecule has 0 aliphatic rings. The first-order valence-electron chi connectivity index (χ1n) is 7.73. The second-order valence-corrected chi connectivity index (χ2v) is 6.17. The minimum Gasteiger partial charge on any atom is -0.350 e. The molecule has 0 saturated carbocycles. The number of hydrogen-bond acceptors (Lipinski definition) is 2. The standard InChI is InChI=1S/C16H34O2/c1-7-9-11-16(10-8-2,17-12-14(3)4)18-13-15(5)6/h14-15H,7-13H2,1-6H3. The lowest BCUT2D eigenvalue weighted by atomic mass is 10.0. The first-order chi connectivity index (χ1) is 8.45. The van der Waals surface area contributed by atoms with E-state index < -0.39 is 0 Å². The Morgan fingerprint density at radius 2 is 1.28 bits per heavy atom. The Morgan fingerprint density at radius 3 is 1.61 bits per heavy atom. The maximum Gasteiger partial charge on any atom is 0.168 e. The lowest BCUT2D eigenvalue weighted by Gasteiger charge is -2.35. The van der Waals surface area contributed by atoms with Crippen molar-refractivity contribution in [2.75, 3.05) is 13.2 Å². The van der Waals surface area contributed by atoms with E-state index in [-0.39, 0.29) is 5.79 Å². The average molecular weight is 258 g/mol. The molecule has 0 atom stereocenters. The van der Waals surface area contributed by atoms with Gasteiger partial charge in [0.1, 0.15) is 0 Å². The van der Waals surface area contributed by atoms with Crippen LogP contribution in [-0.2, 0) is 9.47 Å². The van der Waals surface area contributed by atoms with E-state index in [9.17, 15) is 0 Å². The molecule has 0 amide bonds. The third-order valence-corrected chi connectivity index (χ3v) is 2.90. The molecule has 0 spiro atoms. The van der Waals surface area contributed by atoms with E-state index in [2.05, 4.69) is 41.5 Å². The molecule has 0 heterocycles. The topological polar surface area (TPSA) is 18.5 Å². The molecule has 18 heavy (non-hydrogen) atoms. The molecule has 0 aromatic carbocycles. The normalized spacial score (nSPS) is 12.7. The van der Waals surface area contributed by atoms with Gasteiger partial charge in [-0.1, -0.05) is 54.4 Å². The first kappa shape index (κ1) is 17.9. The highest BCUT2D eigenvalue weighted by atomic mass is 16.7. The third-order valence-electron chi connectivity index (χ3n) is 2.90. The van der Waals surface area contributed by atoms with Crippen molar-refractivity contribution in [1.82, 2.24) is 0 Å². The van der Waals surface area contributed by atoms with E-state index >= 15 is 0 Å². The van der Waals surface area contributed by atoms with Crippen molar-refractivity contribution in [3.8, 4) is 0 Å². The van der Waals surface area contributed by atoms with E-state index in [1.54, 1.807) is 0 Å². The SMILES string of the molecule is CCCCC(CCC)(OCC(C)C)OCC(C)C. The summed E-state index contributed by atoms with van der Waals surface area (Å²) in [5.41, 5.74) is 0. The summed E-state index contributed by atoms with van der Waals surface area (Å²) in [6, 6.07) is 0. The van der Waals surface area contributed by atoms with Crippen LogP contribution < -0.4 is 0 Å². The highest BCUT2D eigenvalue weighted by molar-refractivity contribution is 4.71. The molecule has 0 aromatic rings. The van der Waals surface area contributed by atoms with Crippen LogP contribution in [0.4, 0.5) is 0 Å². The van der Waals surface area contributed by atoms with Crippen molar-refractivity contribution < 1.29 is 9.47 Å². The summed E-state index contributed by atoms with van der Waals surface area (Å²) in [6.07, 6.45) is 5.51. The molecule has 0 rings (SSSR count). The van der Waals surface area contributed by atoms with Gasteiger partial charge in [-0.15, -0.1) is 0 Å². The fourth-order valence-corrected chi connectivity index (χ4v) is 1.92. The van der Waals surface area contributed by atoms with Crippen LogP contribution in [0.15, 0.2) is 0 Å². The summed E-state index contributed by atoms with van der Waals surface area (Å²) in [5.74, 6) is 0.787. The van der Waals surface area contributed by atoms with Gasteiger partial charge in [-0.3, -0.25) is 0 Å². The molecular weight excluding hydrogens is 224 g/mol. The Labute approximate surface area is 114 Å². The molecule has 0 N–H and O–H groups in total. The molecule has 0 aromatic heterocycles. The molecule has 2 heteroatoms. The summed E-state index contributed by atoms with van der Waals surface area (Å²) < 4.78 is 12.3. The highest BCUT2D eigenvalue weighted by Crippen LogP contribution is 2.28. The summed E-state index contributed by atoms with van der Waals surface area (Å²) in [4.78, 5) is 0. The molecule has 0 fully saturated rings. The molecule has 2 nitrogen and oxygen atoms in total. The van der Waals surface area contributed by atoms with E-state index in [0.29, 0.717) is 11.8 Å². The highest BCUT2D eigenvalue weighted by Gasteiger charge is 2.31. The molecule has 0 aliphatic heterocycles. The maximum absolute atomic E-state index is 6.16. The van der Waals surface area contributed by atoms with Gasteiger partial charge in [0, 0.05) is 12.8 Å². The Hall–Kier alpha value is -0.0800. The van der Waals surface area contributed by atoms with Crippen molar-refractivity contribution in [2.45, 2.75) is 79.4 Å². The van der Waals surface area contributed by atoms with Gasteiger partial charge in [-0.25, -0.2) is 0 Å². The average Bonchev–Trinajstić information content (AvgIpc) is 2.31. The fraction of sp³-hybridized carbons (Fsp3) is 1.00. The molecule has 0 saturated heterocycles. The number of unbranched alkanes of at least 4 members (excludes halogenated alkanes) is 1. The molecule has 110 valence electrons. The second-order valence-electron chi connectivity index (χ2n) is 6.17. The predicted molar refractivity (Wildman–Crippen MR) is 78.7 cm³/mol. The Morgan fingerprint density at radius 1 is 0.778 bits per heavy atom. The zero-order valence-electron chi connectivity index (χ0n) is 13.4. The third kappa shape index (κ3) is 8.10. The lowest BCUT2D eigenvalue weighted by molar-refractivity contribution is -0.253. The van der Waals surface area contributed by atoms with Gasteiger partial charge in [0.2, 0.25) is 0 Å². The minimum absolute atomic E-state index is 0.334. The van der Waals surface area contributed by atoms with Crippen LogP contribution >= 0.6 is 0 Å². The Bertz CT molecular complexity index is 176. The van der Waals surface area contributed by atoms with Crippen LogP contribution in [0.25, 0.3) is 0 Å². The fourth-order valence-electron chi connectivity index (χ4n) is 1.92. The smallest absolute Gasteiger partial charge is 0.168 e. The number of hydrogen-bond donors (Lipinski definition) is 0. The van der Waals surface area contributed by atoms with Gasteiger partial charge in [0.05, 0.1) is 13.2 Å². The molecule has 0 bridgehead atoms. The van der Waals surface area contributed by atoms with E-state index in [1.165, 1.54) is 12.8 Å². The van der Waals surface area contributed by atoms with Crippen LogP contribution in [-0.4, -0.2) is 19.0 Å². The molecule has 0 radical (unpaired) electrons. The monoisotopic (exact) mass is 258 g/mol. The van der Waals surface area contributed by atoms with Gasteiger partial charge >= 0.3 is 0 Å². The zero-order valence-corrected chi connectivity index (χ0v) is 13.4. The second kappa shape index (κ2) is 9.80. The van der Waals surface area contributed by atoms with Crippen LogP contribution in [0.2, 0.25) is 0 Å². The first-order valence-corrected chi connectivity index (χ1v) is 7.73. The largest absolute Gasteiger partial charge is 0.350 e. The quantitative estimate of drug-likeness (QED) is 0.485. The summed E-state index contributed by atoms with van der Waals surface area (Å²) in [6.45, 7) is 14.8. The van der Waals surface area contributed by atoms with E-state index in [4.69, 9.17) is 9.47 Å². The van der Waals surface area contributed by atoms with Crippen LogP contribution in [0, 0.1) is 11.8 Å². The molecule has 0 aliphatic carbocycles. The summed E-state index contributed by atoms with van der Waals surface area (Å²) in [7, 11) is 0. The van der Waals surface area contributed by atoms with Crippen molar-refractivity contribution in [2.24, 2.45) is 11.8 Å². The maximum atomic E-state index is 6.16. The van der Waals surface area contributed by atoms with Gasteiger partial charge in [-0.05, 0) is 18.3 Å². The zero-order chi connectivity index (χ0) is 14.0. The Kier molecular flexibility index (Phi) is 9.76. The van der Waals surface area contributed by atoms with E-state index in [1.807, 2.05) is 0 Å². The van der Waals surface area contributed by atoms with Gasteiger partial charge in [-0.2, -0.15) is 0 Å². The summed E-state index contributed by atoms with van der Waals surface area (Å²) in [5, 5.41) is 0. The summed E-state index contributed by atoms with van der Waals surface area (Å²) >= 11 is 0. The molecule has 0 unspecified atom stereocenters. The van der Waals surface area contributed by atoms with Crippen LogP contribution in [0.3, 0.4) is 0 Å². The predicted octanol–water partition coefficient (Wildman–Crippen LogP) is 5.02. The lowest BCUT2D eigenvalue weighted by Crippen LogP contribution is -2.38. The van der Waals surface area contributed by atoms with Gasteiger partial charge < -0.3 is 9.47 Å². The number of rotatable bonds is 11. The van der Waals surface area contributed by atoms with Gasteiger partial charge in [0.15, 0.2) is 5.79 Å². The van der Waals surface area contributed by atoms with Crippen LogP contribution in [0.5, 0.6) is 0 Å². The van der Waals surface area contributed by atoms with Crippen LogP contribution in [0.1, 0.15) is 73.6 Å².